The molecule has 0 aromatic carbocycles. The van der Waals surface area contributed by atoms with Crippen LogP contribution in [0, 0.1) is 0 Å². The van der Waals surface area contributed by atoms with Crippen LogP contribution in [0.4, 0.5) is 0 Å². The van der Waals surface area contributed by atoms with E-state index < -0.39 is 37.3 Å². The van der Waals surface area contributed by atoms with Crippen molar-refractivity contribution in [1.29, 1.82) is 0 Å². The van der Waals surface area contributed by atoms with Gasteiger partial charge in [0.05, 0.1) is 0 Å². The van der Waals surface area contributed by atoms with Crippen molar-refractivity contribution in [1.82, 2.24) is 1.34 Å². The summed E-state index contributed by atoms with van der Waals surface area (Å²) in [5, 5.41) is 0. The van der Waals surface area contributed by atoms with Gasteiger partial charge in [0.15, 0.2) is 0 Å². The van der Waals surface area contributed by atoms with Gasteiger partial charge >= 0.3 is 114 Å². The van der Waals surface area contributed by atoms with Gasteiger partial charge in [-0.1, -0.05) is 0 Å². The Morgan fingerprint density at radius 3 is 1.25 bits per heavy atom. The molecule has 2 unspecified atom stereocenters. The van der Waals surface area contributed by atoms with Crippen LogP contribution in [0.5, 0.6) is 0 Å². The van der Waals surface area contributed by atoms with E-state index in [0.717, 1.165) is 7.87 Å². The molecule has 0 N–H and O–H groups in total. The first-order valence-corrected chi connectivity index (χ1v) is 24.1. The van der Waals surface area contributed by atoms with Crippen LogP contribution in [0.15, 0.2) is 0 Å². The van der Waals surface area contributed by atoms with Crippen molar-refractivity contribution in [3.05, 3.63) is 0 Å². The summed E-state index contributed by atoms with van der Waals surface area (Å²) in [7, 11) is 2.48. The van der Waals surface area contributed by atoms with Gasteiger partial charge in [0.2, 0.25) is 0 Å². The molecule has 0 aromatic heterocycles. The second-order valence-electron chi connectivity index (χ2n) is 6.48. The van der Waals surface area contributed by atoms with Gasteiger partial charge in [0.25, 0.3) is 0 Å². The molecule has 0 aromatic rings. The standard InChI is InChI=1S/2C4H9.CH3N.4CH3.2Sn/c2*1-3-4-2;1-2;;;;;;/h2*3H,4H2,1-2H3;1H3;4*1H3;;. The summed E-state index contributed by atoms with van der Waals surface area (Å²) in [5.74, 6) is 0. The molecule has 0 fully saturated rings. The van der Waals surface area contributed by atoms with E-state index in [1.165, 1.54) is 12.8 Å². The zero-order valence-corrected chi connectivity index (χ0v) is 18.7. The molecule has 0 aliphatic carbocycles. The van der Waals surface area contributed by atoms with Crippen molar-refractivity contribution in [3.8, 4) is 0 Å². The Morgan fingerprint density at radius 2 is 1.06 bits per heavy atom. The Labute approximate surface area is 113 Å². The second kappa shape index (κ2) is 6.65. The van der Waals surface area contributed by atoms with Crippen molar-refractivity contribution >= 4 is 37.3 Å². The quantitative estimate of drug-likeness (QED) is 0.529. The van der Waals surface area contributed by atoms with Crippen LogP contribution < -0.4 is 0 Å². The number of hydrogen-bond acceptors (Lipinski definition) is 1. The molecule has 0 amide bonds. The van der Waals surface area contributed by atoms with E-state index in [2.05, 4.69) is 55.8 Å². The first-order chi connectivity index (χ1) is 7.12. The first-order valence-electron chi connectivity index (χ1n) is 6.86. The van der Waals surface area contributed by atoms with Crippen LogP contribution in [0.25, 0.3) is 0 Å². The topological polar surface area (TPSA) is 3.24 Å². The normalized spacial score (nSPS) is 17.6. The minimum atomic E-state index is -1.99. The van der Waals surface area contributed by atoms with E-state index in [9.17, 15) is 0 Å². The van der Waals surface area contributed by atoms with Gasteiger partial charge in [0, 0.05) is 0 Å². The zero-order valence-electron chi connectivity index (χ0n) is 13.0. The molecule has 0 aliphatic heterocycles. The monoisotopic (exact) mass is 443 g/mol. The van der Waals surface area contributed by atoms with Crippen LogP contribution in [-0.2, 0) is 0 Å². The molecular formula is C13H33NSn2. The predicted molar refractivity (Wildman–Crippen MR) is 82.2 cm³/mol. The van der Waals surface area contributed by atoms with Crippen LogP contribution in [0.3, 0.4) is 0 Å². The van der Waals surface area contributed by atoms with E-state index in [1.54, 1.807) is 0 Å². The van der Waals surface area contributed by atoms with Crippen LogP contribution in [0.2, 0.25) is 27.6 Å². The fraction of sp³-hybridized carbons (Fsp3) is 1.00. The van der Waals surface area contributed by atoms with Crippen molar-refractivity contribution in [2.45, 2.75) is 68.2 Å². The summed E-state index contributed by atoms with van der Waals surface area (Å²) in [5.41, 5.74) is 0. The van der Waals surface area contributed by atoms with E-state index in [4.69, 9.17) is 0 Å². The third kappa shape index (κ3) is 3.77. The average Bonchev–Trinajstić information content (AvgIpc) is 2.25. The fourth-order valence-electron chi connectivity index (χ4n) is 2.40. The average molecular weight is 441 g/mol. The molecule has 0 radical (unpaired) electrons. The zero-order chi connectivity index (χ0) is 13.1. The molecule has 3 heteroatoms. The molecule has 1 nitrogen and oxygen atoms in total. The van der Waals surface area contributed by atoms with Gasteiger partial charge in [-0.25, -0.2) is 0 Å². The summed E-state index contributed by atoms with van der Waals surface area (Å²) in [6.45, 7) is 9.71. The molecular weight excluding hydrogens is 408 g/mol. The molecule has 0 rings (SSSR count). The van der Waals surface area contributed by atoms with Gasteiger partial charge in [-0.05, 0) is 0 Å². The Kier molecular flexibility index (Phi) is 7.29. The summed E-state index contributed by atoms with van der Waals surface area (Å²) < 4.78 is 4.98. The summed E-state index contributed by atoms with van der Waals surface area (Å²) >= 11 is -3.99. The van der Waals surface area contributed by atoms with E-state index in [-0.39, 0.29) is 0 Å². The Balaban J connectivity index is 4.96. The molecule has 16 heavy (non-hydrogen) atoms. The molecule has 0 saturated carbocycles. The van der Waals surface area contributed by atoms with Crippen molar-refractivity contribution < 1.29 is 0 Å². The van der Waals surface area contributed by atoms with Gasteiger partial charge in [0.1, 0.15) is 0 Å². The van der Waals surface area contributed by atoms with E-state index in [1.807, 2.05) is 0 Å². The Morgan fingerprint density at radius 1 is 0.812 bits per heavy atom. The maximum atomic E-state index is 3.01. The van der Waals surface area contributed by atoms with Crippen LogP contribution in [0.1, 0.15) is 40.5 Å². The third-order valence-corrected chi connectivity index (χ3v) is 53.4. The molecule has 0 saturated heterocycles. The van der Waals surface area contributed by atoms with Crippen LogP contribution in [-0.4, -0.2) is 45.7 Å². The molecule has 2 atom stereocenters. The van der Waals surface area contributed by atoms with Gasteiger partial charge in [-0.2, -0.15) is 0 Å². The van der Waals surface area contributed by atoms with E-state index >= 15 is 0 Å². The van der Waals surface area contributed by atoms with Crippen molar-refractivity contribution in [2.75, 3.05) is 7.05 Å². The first kappa shape index (κ1) is 17.6. The van der Waals surface area contributed by atoms with Gasteiger partial charge in [-0.3, -0.25) is 0 Å². The molecule has 0 spiro atoms. The molecule has 0 bridgehead atoms. The van der Waals surface area contributed by atoms with Crippen molar-refractivity contribution in [3.63, 3.8) is 0 Å². The fourth-order valence-corrected chi connectivity index (χ4v) is 53.0. The Hall–Kier alpha value is 1.56. The minimum absolute atomic E-state index is 0.985. The summed E-state index contributed by atoms with van der Waals surface area (Å²) in [6, 6.07) is 0. The van der Waals surface area contributed by atoms with Gasteiger partial charge in [-0.15, -0.1) is 0 Å². The second-order valence-corrected chi connectivity index (χ2v) is 38.5. The van der Waals surface area contributed by atoms with E-state index in [0.29, 0.717) is 0 Å². The summed E-state index contributed by atoms with van der Waals surface area (Å²) in [4.78, 5) is 10.6. The number of nitrogens with zero attached hydrogens (tertiary/aromatic N) is 1. The predicted octanol–water partition coefficient (Wildman–Crippen LogP) is 4.93. The molecule has 98 valence electrons. The molecule has 0 aliphatic rings. The Bertz CT molecular complexity index is 192. The number of rotatable bonds is 6. The van der Waals surface area contributed by atoms with Gasteiger partial charge < -0.3 is 0 Å². The maximum absolute atomic E-state index is 3.01. The van der Waals surface area contributed by atoms with Crippen molar-refractivity contribution in [2.24, 2.45) is 0 Å². The van der Waals surface area contributed by atoms with Crippen LogP contribution >= 0.6 is 0 Å². The summed E-state index contributed by atoms with van der Waals surface area (Å²) in [6.07, 6.45) is 2.74. The number of hydrogen-bond donors (Lipinski definition) is 0. The third-order valence-electron chi connectivity index (χ3n) is 5.37. The SMILES string of the molecule is CC[CH](C)[Sn]([CH3])([CH3])[N](C)[Sn]([CH3])([CH3])[CH](C)CC. The molecule has 0 heterocycles.